The number of amides is 1. The molecule has 208 valence electrons. The maximum atomic E-state index is 14.8. The smallest absolute Gasteiger partial charge is 0.255 e. The molecule has 0 saturated heterocycles. The quantitative estimate of drug-likeness (QED) is 0.232. The summed E-state index contributed by atoms with van der Waals surface area (Å²) in [5, 5.41) is 0. The van der Waals surface area contributed by atoms with Gasteiger partial charge in [0.15, 0.2) is 9.84 Å². The van der Waals surface area contributed by atoms with Crippen LogP contribution in [0.5, 0.6) is 0 Å². The van der Waals surface area contributed by atoms with Crippen molar-refractivity contribution >= 4 is 15.7 Å². The molecule has 5 nitrogen and oxygen atoms in total. The lowest BCUT2D eigenvalue weighted by Gasteiger charge is -2.43. The van der Waals surface area contributed by atoms with Gasteiger partial charge >= 0.3 is 0 Å². The van der Waals surface area contributed by atoms with Crippen LogP contribution in [0, 0.1) is 13.8 Å². The maximum absolute atomic E-state index is 14.8. The van der Waals surface area contributed by atoms with E-state index in [-0.39, 0.29) is 28.6 Å². The number of nitrogens with zero attached hydrogens (tertiary/aromatic N) is 1. The number of methoxy groups -OCH3 is 1. The molecule has 3 aliphatic rings. The zero-order chi connectivity index (χ0) is 28.4. The third-order valence-corrected chi connectivity index (χ3v) is 9.72. The molecule has 0 spiro atoms. The molecule has 0 aromatic heterocycles. The third-order valence-electron chi connectivity index (χ3n) is 7.89. The molecule has 0 saturated carbocycles. The molecule has 5 rings (SSSR count). The molecule has 1 aliphatic heterocycles. The van der Waals surface area contributed by atoms with Gasteiger partial charge in [-0.1, -0.05) is 97.3 Å². The fraction of sp³-hybridized carbons (Fsp3) is 0.324. The first-order valence-electron chi connectivity index (χ1n) is 14.0. The second kappa shape index (κ2) is 11.6. The Morgan fingerprint density at radius 3 is 2.30 bits per heavy atom. The van der Waals surface area contributed by atoms with E-state index in [0.717, 1.165) is 28.7 Å². The van der Waals surface area contributed by atoms with E-state index in [9.17, 15) is 13.2 Å². The number of aryl methyl sites for hydroxylation is 2. The Hall–Kier alpha value is -3.48. The van der Waals surface area contributed by atoms with Crippen molar-refractivity contribution in [1.29, 1.82) is 0 Å². The summed E-state index contributed by atoms with van der Waals surface area (Å²) in [5.74, 6) is -0.127. The summed E-state index contributed by atoms with van der Waals surface area (Å²) < 4.78 is 32.6. The minimum absolute atomic E-state index is 0.0590. The van der Waals surface area contributed by atoms with Crippen molar-refractivity contribution in [3.8, 4) is 11.1 Å². The molecule has 0 fully saturated rings. The van der Waals surface area contributed by atoms with Crippen LogP contribution < -0.4 is 0 Å². The minimum atomic E-state index is -3.57. The van der Waals surface area contributed by atoms with Crippen LogP contribution >= 0.6 is 0 Å². The average Bonchev–Trinajstić information content (AvgIpc) is 3.13. The van der Waals surface area contributed by atoms with Crippen molar-refractivity contribution in [1.82, 2.24) is 4.90 Å². The Bertz CT molecular complexity index is 1590. The Kier molecular flexibility index (Phi) is 8.11. The summed E-state index contributed by atoms with van der Waals surface area (Å²) in [6, 6.07) is 25.0. The van der Waals surface area contributed by atoms with Gasteiger partial charge in [-0.25, -0.2) is 8.42 Å². The van der Waals surface area contributed by atoms with Crippen molar-refractivity contribution in [2.45, 2.75) is 57.0 Å². The average molecular weight is 556 g/mol. The third kappa shape index (κ3) is 5.30. The van der Waals surface area contributed by atoms with E-state index in [2.05, 4.69) is 44.2 Å². The van der Waals surface area contributed by atoms with E-state index in [1.807, 2.05) is 54.3 Å². The molecule has 2 atom stereocenters. The normalized spacial score (nSPS) is 17.1. The monoisotopic (exact) mass is 555 g/mol. The van der Waals surface area contributed by atoms with Crippen molar-refractivity contribution in [2.75, 3.05) is 19.5 Å². The van der Waals surface area contributed by atoms with Crippen LogP contribution in [0.25, 0.3) is 11.1 Å². The summed E-state index contributed by atoms with van der Waals surface area (Å²) in [4.78, 5) is 17.0. The van der Waals surface area contributed by atoms with Crippen LogP contribution in [-0.4, -0.2) is 38.7 Å². The van der Waals surface area contributed by atoms with Gasteiger partial charge < -0.3 is 9.64 Å². The van der Waals surface area contributed by atoms with Crippen LogP contribution in [0.3, 0.4) is 0 Å². The molecule has 6 heteroatoms. The first-order valence-corrected chi connectivity index (χ1v) is 15.6. The molecule has 1 unspecified atom stereocenters. The van der Waals surface area contributed by atoms with Crippen molar-refractivity contribution in [3.63, 3.8) is 0 Å². The summed E-state index contributed by atoms with van der Waals surface area (Å²) in [6.07, 6.45) is 2.02. The molecule has 1 amide bonds. The van der Waals surface area contributed by atoms with Crippen LogP contribution in [-0.2, 0) is 21.0 Å². The Morgan fingerprint density at radius 1 is 0.925 bits per heavy atom. The summed E-state index contributed by atoms with van der Waals surface area (Å²) in [5.41, 5.74) is 7.26. The summed E-state index contributed by atoms with van der Waals surface area (Å²) in [7, 11) is -1.91. The number of fused-ring (bicyclic) bond motifs is 2. The first-order chi connectivity index (χ1) is 19.2. The number of unbranched alkanes of at least 4 members (excludes halogenated alkanes) is 1. The van der Waals surface area contributed by atoms with Crippen LogP contribution in [0.2, 0.25) is 0 Å². The molecular formula is C34H37NO4S. The fourth-order valence-electron chi connectivity index (χ4n) is 6.11. The molecule has 0 bridgehead atoms. The van der Waals surface area contributed by atoms with Gasteiger partial charge in [-0.05, 0) is 55.0 Å². The van der Waals surface area contributed by atoms with Gasteiger partial charge in [0.25, 0.3) is 5.91 Å². The highest BCUT2D eigenvalue weighted by atomic mass is 32.2. The lowest BCUT2D eigenvalue weighted by Crippen LogP contribution is -2.44. The van der Waals surface area contributed by atoms with Crippen molar-refractivity contribution < 1.29 is 17.9 Å². The fourth-order valence-corrected chi connectivity index (χ4v) is 7.81. The maximum Gasteiger partial charge on any atom is 0.255 e. The predicted molar refractivity (Wildman–Crippen MR) is 160 cm³/mol. The zero-order valence-electron chi connectivity index (χ0n) is 23.7. The molecule has 2 aliphatic carbocycles. The second-order valence-corrected chi connectivity index (χ2v) is 12.9. The number of hydrogen-bond donors (Lipinski definition) is 0. The van der Waals surface area contributed by atoms with Gasteiger partial charge in [0.05, 0.1) is 29.3 Å². The highest BCUT2D eigenvalue weighted by Crippen LogP contribution is 2.44. The standard InChI is InChI=1S/C34H37NO4S/c1-5-6-16-40(37,38)33-21-30(28-14-8-7-9-15-29(28)33)34(36)35-31(26-18-23(2)17-24(3)19-26)20-25-12-10-11-13-27(25)32(35)22-39-4/h7-15,17-19,21,31-32H,5-6,16,20,22H2,1-4H3/t31-,32?/m0/s1. The summed E-state index contributed by atoms with van der Waals surface area (Å²) >= 11 is 0. The molecule has 2 aromatic carbocycles. The molecule has 0 radical (unpaired) electrons. The van der Waals surface area contributed by atoms with Crippen molar-refractivity contribution in [2.24, 2.45) is 0 Å². The lowest BCUT2D eigenvalue weighted by molar-refractivity contribution is 0.0336. The summed E-state index contributed by atoms with van der Waals surface area (Å²) in [6.45, 7) is 6.46. The largest absolute Gasteiger partial charge is 0.382 e. The van der Waals surface area contributed by atoms with Gasteiger partial charge in [-0.2, -0.15) is 0 Å². The number of sulfone groups is 1. The van der Waals surface area contributed by atoms with Gasteiger partial charge in [-0.3, -0.25) is 4.79 Å². The number of carbonyl (C=O) groups excluding carboxylic acids is 1. The number of carbonyl (C=O) groups is 1. The predicted octanol–water partition coefficient (Wildman–Crippen LogP) is 7.11. The Morgan fingerprint density at radius 2 is 1.60 bits per heavy atom. The first kappa shape index (κ1) is 28.1. The van der Waals surface area contributed by atoms with Gasteiger partial charge in [0.1, 0.15) is 0 Å². The number of hydrogen-bond acceptors (Lipinski definition) is 4. The van der Waals surface area contributed by atoms with Gasteiger partial charge in [-0.15, -0.1) is 0 Å². The highest BCUT2D eigenvalue weighted by Gasteiger charge is 2.40. The van der Waals surface area contributed by atoms with E-state index in [4.69, 9.17) is 4.74 Å². The van der Waals surface area contributed by atoms with Gasteiger partial charge in [0.2, 0.25) is 0 Å². The number of ether oxygens (including phenoxy) is 1. The van der Waals surface area contributed by atoms with Crippen molar-refractivity contribution in [3.05, 3.63) is 112 Å². The number of rotatable bonds is 8. The Balaban J connectivity index is 1.71. The van der Waals surface area contributed by atoms with Crippen LogP contribution in [0.4, 0.5) is 0 Å². The molecule has 0 N–H and O–H groups in total. The lowest BCUT2D eigenvalue weighted by atomic mass is 9.84. The SMILES string of the molecule is CCCCS(=O)(=O)c1cc(C(=O)N2C(COC)c3ccccc3C[C@H]2c2cc(C)cc(C)c2)c2cccccc1-2. The van der Waals surface area contributed by atoms with E-state index >= 15 is 0 Å². The topological polar surface area (TPSA) is 63.7 Å². The van der Waals surface area contributed by atoms with Crippen LogP contribution in [0.15, 0.2) is 83.8 Å². The minimum Gasteiger partial charge on any atom is -0.382 e. The number of benzene rings is 2. The second-order valence-electron chi connectivity index (χ2n) is 10.9. The highest BCUT2D eigenvalue weighted by molar-refractivity contribution is 7.91. The van der Waals surface area contributed by atoms with Gasteiger partial charge in [0, 0.05) is 18.2 Å². The zero-order valence-corrected chi connectivity index (χ0v) is 24.5. The molecule has 1 heterocycles. The van der Waals surface area contributed by atoms with E-state index < -0.39 is 9.84 Å². The van der Waals surface area contributed by atoms with E-state index in [0.29, 0.717) is 36.1 Å². The molecule has 40 heavy (non-hydrogen) atoms. The Labute approximate surface area is 238 Å². The van der Waals surface area contributed by atoms with E-state index in [1.54, 1.807) is 13.2 Å². The molecular weight excluding hydrogens is 518 g/mol. The molecule has 2 aromatic rings. The van der Waals surface area contributed by atoms with E-state index in [1.165, 1.54) is 5.56 Å². The van der Waals surface area contributed by atoms with Crippen LogP contribution in [0.1, 0.15) is 70.0 Å².